The number of amides is 1. The highest BCUT2D eigenvalue weighted by Crippen LogP contribution is 2.40. The lowest BCUT2D eigenvalue weighted by molar-refractivity contribution is -0.00958. The number of rotatable bonds is 4. The Morgan fingerprint density at radius 1 is 1.44 bits per heavy atom. The minimum Gasteiger partial charge on any atom is -0.492 e. The van der Waals surface area contributed by atoms with Gasteiger partial charge in [-0.25, -0.2) is 0 Å². The molecule has 2 fully saturated rings. The van der Waals surface area contributed by atoms with E-state index in [2.05, 4.69) is 16.9 Å². The van der Waals surface area contributed by atoms with Crippen LogP contribution < -0.4 is 4.74 Å². The number of carbonyl (C=O) groups excluding carboxylic acids is 1. The number of carbonyl (C=O) groups is 1. The second kappa shape index (κ2) is 6.19. The molecule has 0 unspecified atom stereocenters. The van der Waals surface area contributed by atoms with Gasteiger partial charge in [0.25, 0.3) is 5.91 Å². The number of furan rings is 1. The van der Waals surface area contributed by atoms with Crippen LogP contribution in [0.1, 0.15) is 22.5 Å². The van der Waals surface area contributed by atoms with Crippen molar-refractivity contribution in [2.75, 3.05) is 33.3 Å². The van der Waals surface area contributed by atoms with E-state index in [-0.39, 0.29) is 11.4 Å². The maximum Gasteiger partial charge on any atom is 0.289 e. The molecule has 6 heteroatoms. The summed E-state index contributed by atoms with van der Waals surface area (Å²) in [6.07, 6.45) is 6.10. The third kappa shape index (κ3) is 2.91. The Morgan fingerprint density at radius 3 is 2.96 bits per heavy atom. The zero-order valence-electron chi connectivity index (χ0n) is 14.6. The van der Waals surface area contributed by atoms with Gasteiger partial charge in [0.1, 0.15) is 5.75 Å². The Bertz CT molecular complexity index is 752. The zero-order valence-corrected chi connectivity index (χ0v) is 14.6. The zero-order chi connectivity index (χ0) is 17.4. The van der Waals surface area contributed by atoms with Gasteiger partial charge in [0, 0.05) is 37.3 Å². The Hall–Kier alpha value is -2.34. The number of aromatic nitrogens is 1. The number of hydrogen-bond donors (Lipinski definition) is 0. The maximum atomic E-state index is 12.5. The molecule has 1 atom stereocenters. The quantitative estimate of drug-likeness (QED) is 0.853. The lowest BCUT2D eigenvalue weighted by Crippen LogP contribution is -2.68. The number of nitrogens with zero attached hydrogens (tertiary/aromatic N) is 3. The van der Waals surface area contributed by atoms with Crippen LogP contribution in [0.25, 0.3) is 0 Å². The third-order valence-electron chi connectivity index (χ3n) is 5.44. The van der Waals surface area contributed by atoms with Crippen LogP contribution in [-0.4, -0.2) is 59.5 Å². The van der Waals surface area contributed by atoms with E-state index in [9.17, 15) is 4.79 Å². The van der Waals surface area contributed by atoms with Crippen LogP contribution >= 0.6 is 0 Å². The third-order valence-corrected chi connectivity index (χ3v) is 5.44. The first-order valence-corrected chi connectivity index (χ1v) is 8.65. The summed E-state index contributed by atoms with van der Waals surface area (Å²) < 4.78 is 11.2. The van der Waals surface area contributed by atoms with Crippen LogP contribution in [0.3, 0.4) is 0 Å². The number of likely N-dealkylation sites (tertiary alicyclic amines) is 2. The van der Waals surface area contributed by atoms with Crippen LogP contribution in [0.2, 0.25) is 0 Å². The van der Waals surface area contributed by atoms with Crippen molar-refractivity contribution in [1.82, 2.24) is 14.8 Å². The molecule has 2 aromatic heterocycles. The minimum atomic E-state index is -0.00316. The summed E-state index contributed by atoms with van der Waals surface area (Å²) in [6, 6.07) is 5.64. The van der Waals surface area contributed by atoms with Crippen molar-refractivity contribution < 1.29 is 13.9 Å². The van der Waals surface area contributed by atoms with Crippen LogP contribution in [-0.2, 0) is 0 Å². The number of likely N-dealkylation sites (N-methyl/N-ethyl adjacent to an activating group) is 1. The van der Waals surface area contributed by atoms with Crippen molar-refractivity contribution >= 4 is 5.91 Å². The molecule has 2 saturated heterocycles. The summed E-state index contributed by atoms with van der Waals surface area (Å²) in [5.41, 5.74) is 0.979. The van der Waals surface area contributed by atoms with Gasteiger partial charge in [0.15, 0.2) is 5.76 Å². The van der Waals surface area contributed by atoms with Gasteiger partial charge in [-0.3, -0.25) is 14.7 Å². The van der Waals surface area contributed by atoms with Gasteiger partial charge in [-0.15, -0.1) is 0 Å². The van der Waals surface area contributed by atoms with Crippen molar-refractivity contribution in [2.24, 2.45) is 5.92 Å². The van der Waals surface area contributed by atoms with E-state index in [4.69, 9.17) is 9.15 Å². The summed E-state index contributed by atoms with van der Waals surface area (Å²) in [7, 11) is 2.14. The molecule has 2 aromatic rings. The van der Waals surface area contributed by atoms with Gasteiger partial charge in [0.05, 0.1) is 24.6 Å². The van der Waals surface area contributed by atoms with Gasteiger partial charge < -0.3 is 14.1 Å². The van der Waals surface area contributed by atoms with Gasteiger partial charge in [-0.05, 0) is 38.6 Å². The molecule has 0 N–H and O–H groups in total. The average Bonchev–Trinajstić information content (AvgIpc) is 3.15. The molecule has 0 aliphatic carbocycles. The van der Waals surface area contributed by atoms with Crippen molar-refractivity contribution in [3.05, 3.63) is 48.2 Å². The monoisotopic (exact) mass is 341 g/mol. The largest absolute Gasteiger partial charge is 0.492 e. The molecular weight excluding hydrogens is 318 g/mol. The first-order chi connectivity index (χ1) is 12.1. The van der Waals surface area contributed by atoms with Crippen LogP contribution in [0.15, 0.2) is 41.3 Å². The lowest BCUT2D eigenvalue weighted by atomic mass is 9.84. The van der Waals surface area contributed by atoms with E-state index in [1.165, 1.54) is 0 Å². The SMILES string of the molecule is Cc1ccoc1C(=O)N1CC2(C[C@H](COc3cccnc3)CN2C)C1. The normalized spacial score (nSPS) is 22.2. The van der Waals surface area contributed by atoms with Crippen LogP contribution in [0.5, 0.6) is 5.75 Å². The van der Waals surface area contributed by atoms with Crippen LogP contribution in [0, 0.1) is 12.8 Å². The fourth-order valence-corrected chi connectivity index (χ4v) is 4.01. The minimum absolute atomic E-state index is 0.00316. The molecule has 1 spiro atoms. The Morgan fingerprint density at radius 2 is 2.28 bits per heavy atom. The van der Waals surface area contributed by atoms with E-state index < -0.39 is 0 Å². The molecule has 0 radical (unpaired) electrons. The second-order valence-electron chi connectivity index (χ2n) is 7.27. The fraction of sp³-hybridized carbons (Fsp3) is 0.474. The average molecular weight is 341 g/mol. The number of hydrogen-bond acceptors (Lipinski definition) is 5. The Labute approximate surface area is 147 Å². The number of aryl methyl sites for hydroxylation is 1. The summed E-state index contributed by atoms with van der Waals surface area (Å²) >= 11 is 0. The van der Waals surface area contributed by atoms with Gasteiger partial charge >= 0.3 is 0 Å². The standard InChI is InChI=1S/C19H23N3O3/c1-14-5-7-24-17(14)18(23)22-12-19(13-22)8-15(10-21(19)2)11-25-16-4-3-6-20-9-16/h3-7,9,15H,8,10-13H2,1-2H3/t15-/m0/s1. The summed E-state index contributed by atoms with van der Waals surface area (Å²) in [5.74, 6) is 1.74. The van der Waals surface area contributed by atoms with Crippen molar-refractivity contribution in [3.8, 4) is 5.75 Å². The predicted octanol–water partition coefficient (Wildman–Crippen LogP) is 2.21. The highest BCUT2D eigenvalue weighted by Gasteiger charge is 2.53. The van der Waals surface area contributed by atoms with E-state index in [0.717, 1.165) is 37.4 Å². The lowest BCUT2D eigenvalue weighted by Gasteiger charge is -2.51. The molecule has 132 valence electrons. The molecule has 4 rings (SSSR count). The molecule has 4 heterocycles. The molecule has 6 nitrogen and oxygen atoms in total. The Kier molecular flexibility index (Phi) is 4.00. The van der Waals surface area contributed by atoms with Crippen molar-refractivity contribution in [1.29, 1.82) is 0 Å². The molecule has 0 saturated carbocycles. The summed E-state index contributed by atoms with van der Waals surface area (Å²) in [4.78, 5) is 20.9. The van der Waals surface area contributed by atoms with E-state index in [0.29, 0.717) is 18.3 Å². The van der Waals surface area contributed by atoms with Crippen molar-refractivity contribution in [2.45, 2.75) is 18.9 Å². The second-order valence-corrected chi connectivity index (χ2v) is 7.27. The molecule has 25 heavy (non-hydrogen) atoms. The van der Waals surface area contributed by atoms with E-state index in [1.807, 2.05) is 30.0 Å². The Balaban J connectivity index is 1.33. The summed E-state index contributed by atoms with van der Waals surface area (Å²) in [5, 5.41) is 0. The van der Waals surface area contributed by atoms with Gasteiger partial charge in [-0.1, -0.05) is 0 Å². The fourth-order valence-electron chi connectivity index (χ4n) is 4.01. The smallest absolute Gasteiger partial charge is 0.289 e. The van der Waals surface area contributed by atoms with Gasteiger partial charge in [-0.2, -0.15) is 0 Å². The first kappa shape index (κ1) is 16.1. The number of ether oxygens (including phenoxy) is 1. The van der Waals surface area contributed by atoms with E-state index in [1.54, 1.807) is 18.7 Å². The van der Waals surface area contributed by atoms with Crippen molar-refractivity contribution in [3.63, 3.8) is 0 Å². The van der Waals surface area contributed by atoms with Gasteiger partial charge in [0.2, 0.25) is 0 Å². The summed E-state index contributed by atoms with van der Waals surface area (Å²) in [6.45, 7) is 5.09. The first-order valence-electron chi connectivity index (χ1n) is 8.65. The molecule has 1 amide bonds. The highest BCUT2D eigenvalue weighted by atomic mass is 16.5. The molecule has 0 aromatic carbocycles. The molecule has 2 aliphatic rings. The van der Waals surface area contributed by atoms with E-state index >= 15 is 0 Å². The maximum absolute atomic E-state index is 12.5. The predicted molar refractivity (Wildman–Crippen MR) is 92.5 cm³/mol. The topological polar surface area (TPSA) is 58.8 Å². The highest BCUT2D eigenvalue weighted by molar-refractivity contribution is 5.93. The molecular formula is C19H23N3O3. The van der Waals surface area contributed by atoms with Crippen LogP contribution in [0.4, 0.5) is 0 Å². The molecule has 0 bridgehead atoms. The molecule has 2 aliphatic heterocycles. The number of pyridine rings is 1.